The zero-order chi connectivity index (χ0) is 22.1. The van der Waals surface area contributed by atoms with E-state index in [1.165, 1.54) is 4.90 Å². The molecule has 0 saturated carbocycles. The molecule has 2 aliphatic heterocycles. The highest BCUT2D eigenvalue weighted by Crippen LogP contribution is 2.40. The van der Waals surface area contributed by atoms with E-state index in [0.29, 0.717) is 5.69 Å². The predicted octanol–water partition coefficient (Wildman–Crippen LogP) is 0.415. The molecule has 4 N–H and O–H groups in total. The SMILES string of the molecule is O.O.[2H]C([2H])([2H])C([2H])([2H])C([2H])([2H])C1C(=O)N2C(N(C)C)=Nc3ccc(C)cc3N2C1=O. The van der Waals surface area contributed by atoms with Crippen molar-refractivity contribution in [3.8, 4) is 0 Å². The molecule has 1 atom stereocenters. The van der Waals surface area contributed by atoms with Crippen molar-refractivity contribution in [1.82, 2.24) is 9.91 Å². The highest BCUT2D eigenvalue weighted by Gasteiger charge is 2.50. The molecule has 3 rings (SSSR count). The van der Waals surface area contributed by atoms with Crippen molar-refractivity contribution >= 4 is 29.1 Å². The number of aryl methyl sites for hydroxylation is 1. The molecule has 2 amide bonds. The van der Waals surface area contributed by atoms with Gasteiger partial charge in [0, 0.05) is 23.7 Å². The van der Waals surface area contributed by atoms with E-state index < -0.39 is 37.3 Å². The Morgan fingerprint density at radius 2 is 1.92 bits per heavy atom. The van der Waals surface area contributed by atoms with E-state index in [1.807, 2.05) is 0 Å². The lowest BCUT2D eigenvalue weighted by molar-refractivity contribution is -0.130. The Morgan fingerprint density at radius 1 is 1.25 bits per heavy atom. The summed E-state index contributed by atoms with van der Waals surface area (Å²) in [6.07, 6.45) is -6.75. The molecule has 24 heavy (non-hydrogen) atoms. The molecule has 1 saturated heterocycles. The third kappa shape index (κ3) is 2.74. The lowest BCUT2D eigenvalue weighted by Gasteiger charge is -2.35. The minimum atomic E-state index is -3.45. The van der Waals surface area contributed by atoms with Crippen molar-refractivity contribution in [2.75, 3.05) is 19.1 Å². The van der Waals surface area contributed by atoms with E-state index in [1.54, 1.807) is 39.2 Å². The van der Waals surface area contributed by atoms with Crippen molar-refractivity contribution in [2.45, 2.75) is 26.5 Å². The van der Waals surface area contributed by atoms with Crippen molar-refractivity contribution in [3.63, 3.8) is 0 Å². The number of rotatable bonds is 2. The van der Waals surface area contributed by atoms with Gasteiger partial charge in [0.1, 0.15) is 5.92 Å². The van der Waals surface area contributed by atoms with Crippen molar-refractivity contribution < 1.29 is 30.1 Å². The lowest BCUT2D eigenvalue weighted by Crippen LogP contribution is -2.52. The standard InChI is InChI=1S/C16H20N4O2.2H2O/c1-5-6-11-14(21)19-13-9-10(2)7-8-12(13)17-16(18(3)4)20(19)15(11)22;;/h7-9,11H,5-6H2,1-4H3;2*1H2/i1D3,5D2,6D2;;. The third-order valence-corrected chi connectivity index (χ3v) is 3.50. The first-order valence-corrected chi connectivity index (χ1v) is 6.67. The Bertz CT molecular complexity index is 933. The second-order valence-electron chi connectivity index (χ2n) is 5.30. The molecule has 0 aromatic heterocycles. The summed E-state index contributed by atoms with van der Waals surface area (Å²) in [5, 5.41) is 1.83. The zero-order valence-electron chi connectivity index (χ0n) is 20.4. The molecule has 0 spiro atoms. The first-order chi connectivity index (χ1) is 13.1. The quantitative estimate of drug-likeness (QED) is 0.723. The van der Waals surface area contributed by atoms with Crippen LogP contribution in [-0.4, -0.2) is 52.7 Å². The normalized spacial score (nSPS) is 24.4. The number of nitrogens with zero attached hydrogens (tertiary/aromatic N) is 4. The number of carbonyl (C=O) groups excluding carboxylic acids is 2. The van der Waals surface area contributed by atoms with Gasteiger partial charge >= 0.3 is 0 Å². The van der Waals surface area contributed by atoms with Crippen LogP contribution < -0.4 is 5.01 Å². The third-order valence-electron chi connectivity index (χ3n) is 3.50. The lowest BCUT2D eigenvalue weighted by atomic mass is 10.0. The molecule has 0 radical (unpaired) electrons. The predicted molar refractivity (Wildman–Crippen MR) is 91.9 cm³/mol. The van der Waals surface area contributed by atoms with E-state index in [9.17, 15) is 9.59 Å². The average Bonchev–Trinajstić information content (AvgIpc) is 2.84. The Hall–Kier alpha value is -2.45. The molecule has 132 valence electrons. The number of carbonyl (C=O) groups is 2. The summed E-state index contributed by atoms with van der Waals surface area (Å²) in [5.41, 5.74) is 1.37. The minimum Gasteiger partial charge on any atom is -0.412 e. The molecule has 1 fully saturated rings. The van der Waals surface area contributed by atoms with Gasteiger partial charge in [-0.15, -0.1) is 0 Å². The second kappa shape index (κ2) is 6.98. The van der Waals surface area contributed by atoms with Gasteiger partial charge in [-0.25, -0.2) is 10.0 Å². The number of anilines is 1. The van der Waals surface area contributed by atoms with Crippen LogP contribution in [0.2, 0.25) is 0 Å². The van der Waals surface area contributed by atoms with Gasteiger partial charge in [0.05, 0.1) is 11.4 Å². The fourth-order valence-electron chi connectivity index (χ4n) is 2.50. The molecule has 2 heterocycles. The zero-order valence-corrected chi connectivity index (χ0v) is 13.4. The average molecular weight is 343 g/mol. The van der Waals surface area contributed by atoms with Gasteiger partial charge < -0.3 is 15.9 Å². The van der Waals surface area contributed by atoms with Gasteiger partial charge in [0.15, 0.2) is 0 Å². The van der Waals surface area contributed by atoms with Gasteiger partial charge in [-0.1, -0.05) is 19.3 Å². The number of amides is 2. The van der Waals surface area contributed by atoms with Crippen LogP contribution >= 0.6 is 0 Å². The van der Waals surface area contributed by atoms with Crippen molar-refractivity contribution in [3.05, 3.63) is 23.8 Å². The van der Waals surface area contributed by atoms with Crippen LogP contribution in [0.4, 0.5) is 11.4 Å². The molecule has 1 unspecified atom stereocenters. The van der Waals surface area contributed by atoms with E-state index in [2.05, 4.69) is 4.99 Å². The highest BCUT2D eigenvalue weighted by molar-refractivity contribution is 6.22. The summed E-state index contributed by atoms with van der Waals surface area (Å²) in [5.74, 6) is -4.27. The maximum atomic E-state index is 13.2. The van der Waals surface area contributed by atoms with Crippen LogP contribution in [0.5, 0.6) is 0 Å². The molecule has 2 aliphatic rings. The topological polar surface area (TPSA) is 119 Å². The first kappa shape index (κ1) is 11.2. The van der Waals surface area contributed by atoms with Crippen LogP contribution in [0.3, 0.4) is 0 Å². The van der Waals surface area contributed by atoms with Gasteiger partial charge in [-0.2, -0.15) is 5.01 Å². The smallest absolute Gasteiger partial charge is 0.261 e. The number of hydrazine groups is 1. The van der Waals surface area contributed by atoms with Gasteiger partial charge in [0.2, 0.25) is 5.96 Å². The molecule has 0 bridgehead atoms. The second-order valence-corrected chi connectivity index (χ2v) is 5.30. The van der Waals surface area contributed by atoms with Crippen molar-refractivity contribution in [2.24, 2.45) is 10.9 Å². The summed E-state index contributed by atoms with van der Waals surface area (Å²) in [7, 11) is 3.16. The molecule has 0 aliphatic carbocycles. The molecular formula is C16H24N4O4. The minimum absolute atomic E-state index is 0. The van der Waals surface area contributed by atoms with Gasteiger partial charge in [0.25, 0.3) is 11.8 Å². The Balaban J connectivity index is 0.00000240. The van der Waals surface area contributed by atoms with Gasteiger partial charge in [-0.3, -0.25) is 9.59 Å². The number of hydrogen-bond donors (Lipinski definition) is 0. The Labute approximate surface area is 150 Å². The van der Waals surface area contributed by atoms with Crippen LogP contribution in [0.1, 0.15) is 34.8 Å². The van der Waals surface area contributed by atoms with E-state index in [-0.39, 0.29) is 22.6 Å². The summed E-state index contributed by atoms with van der Waals surface area (Å²) in [6, 6.07) is 5.00. The van der Waals surface area contributed by atoms with E-state index in [0.717, 1.165) is 15.6 Å². The fourth-order valence-corrected chi connectivity index (χ4v) is 2.50. The summed E-state index contributed by atoms with van der Waals surface area (Å²) < 4.78 is 54.2. The Morgan fingerprint density at radius 3 is 2.54 bits per heavy atom. The molecule has 1 aromatic carbocycles. The molecule has 8 heteroatoms. The van der Waals surface area contributed by atoms with E-state index >= 15 is 0 Å². The van der Waals surface area contributed by atoms with Crippen LogP contribution in [0.25, 0.3) is 0 Å². The summed E-state index contributed by atoms with van der Waals surface area (Å²) in [4.78, 5) is 32.2. The monoisotopic (exact) mass is 343 g/mol. The number of guanidine groups is 1. The van der Waals surface area contributed by atoms with Crippen molar-refractivity contribution in [1.29, 1.82) is 0 Å². The fraction of sp³-hybridized carbons (Fsp3) is 0.438. The largest absolute Gasteiger partial charge is 0.412 e. The highest BCUT2D eigenvalue weighted by atomic mass is 16.2. The van der Waals surface area contributed by atoms with Crippen LogP contribution in [0.15, 0.2) is 23.2 Å². The van der Waals surface area contributed by atoms with Crippen LogP contribution in [0, 0.1) is 12.8 Å². The number of benzene rings is 1. The maximum Gasteiger partial charge on any atom is 0.261 e. The number of hydrogen-bond acceptors (Lipinski definition) is 4. The summed E-state index contributed by atoms with van der Waals surface area (Å²) in [6.45, 7) is -1.62. The maximum absolute atomic E-state index is 13.2. The Kier molecular flexibility index (Phi) is 3.25. The first-order valence-electron chi connectivity index (χ1n) is 10.2. The van der Waals surface area contributed by atoms with E-state index in [4.69, 9.17) is 9.60 Å². The molecule has 8 nitrogen and oxygen atoms in total. The van der Waals surface area contributed by atoms with Crippen LogP contribution in [-0.2, 0) is 9.59 Å². The number of fused-ring (bicyclic) bond motifs is 3. The summed E-state index contributed by atoms with van der Waals surface area (Å²) >= 11 is 0. The molecular weight excluding hydrogens is 312 g/mol. The number of aliphatic imine (C=N–C) groups is 1. The van der Waals surface area contributed by atoms with Gasteiger partial charge in [-0.05, 0) is 31.0 Å². The molecule has 1 aromatic rings.